The molecule has 0 N–H and O–H groups in total. The van der Waals surface area contributed by atoms with Gasteiger partial charge in [0.15, 0.2) is 0 Å². The zero-order valence-electron chi connectivity index (χ0n) is 4.63. The van der Waals surface area contributed by atoms with Gasteiger partial charge < -0.3 is 4.52 Å². The van der Waals surface area contributed by atoms with Gasteiger partial charge in [-0.15, -0.1) is 0 Å². The van der Waals surface area contributed by atoms with Gasteiger partial charge in [0, 0.05) is 28.9 Å². The summed E-state index contributed by atoms with van der Waals surface area (Å²) in [5.41, 5.74) is 0. The molecule has 0 unspecified atom stereocenters. The fourth-order valence-corrected chi connectivity index (χ4v) is 1.01. The van der Waals surface area contributed by atoms with E-state index >= 15 is 0 Å². The molecule has 0 aliphatic heterocycles. The molecule has 0 atom stereocenters. The summed E-state index contributed by atoms with van der Waals surface area (Å²) >= 11 is 9.77. The molecular weight excluding hydrogens is 186 g/mol. The summed E-state index contributed by atoms with van der Waals surface area (Å²) < 4.78 is 14.3. The van der Waals surface area contributed by atoms with Gasteiger partial charge in [0.2, 0.25) is 0 Å². The first kappa shape index (κ1) is 9.28. The largest absolute Gasteiger partial charge is 0.430 e. The molecule has 0 amide bonds. The average Bonchev–Trinajstić information content (AvgIpc) is 1.62. The number of hydrogen-bond acceptors (Lipinski definition) is 3. The van der Waals surface area contributed by atoms with Crippen molar-refractivity contribution in [2.24, 2.45) is 0 Å². The highest BCUT2D eigenvalue weighted by Crippen LogP contribution is 2.57. The van der Waals surface area contributed by atoms with Gasteiger partial charge in [-0.1, -0.05) is 6.92 Å². The number of carbonyl (C=O) groups is 1. The van der Waals surface area contributed by atoms with Crippen molar-refractivity contribution in [2.75, 3.05) is 0 Å². The van der Waals surface area contributed by atoms with E-state index in [1.54, 1.807) is 6.92 Å². The molecule has 0 saturated carbocycles. The van der Waals surface area contributed by atoms with E-state index in [-0.39, 0.29) is 6.42 Å². The molecule has 0 rings (SSSR count). The molecule has 54 valence electrons. The normalized spacial score (nSPS) is 11.0. The summed E-state index contributed by atoms with van der Waals surface area (Å²) in [6.45, 7) is 1.55. The minimum absolute atomic E-state index is 0.115. The van der Waals surface area contributed by atoms with Crippen LogP contribution < -0.4 is 0 Å². The second kappa shape index (κ2) is 3.45. The minimum atomic E-state index is -3.64. The first-order chi connectivity index (χ1) is 3.95. The van der Waals surface area contributed by atoms with Gasteiger partial charge in [0.05, 0.1) is 0 Å². The maximum atomic E-state index is 10.3. The standard InChI is InChI=1S/C3H5Cl2O3P/c1-2-3(6)8-9(4,5)7/h2H2,1H3. The Balaban J connectivity index is 3.75. The van der Waals surface area contributed by atoms with Crippen LogP contribution in [0, 0.1) is 0 Å². The third-order valence-corrected chi connectivity index (χ3v) is 1.33. The predicted molar refractivity (Wildman–Crippen MR) is 35.7 cm³/mol. The number of halogens is 2. The Hall–Kier alpha value is 0.280. The molecular formula is C3H5Cl2O3P. The lowest BCUT2D eigenvalue weighted by atomic mass is 10.5. The van der Waals surface area contributed by atoms with Crippen molar-refractivity contribution in [1.29, 1.82) is 0 Å². The molecule has 0 aliphatic carbocycles. The van der Waals surface area contributed by atoms with E-state index in [1.165, 1.54) is 0 Å². The Bertz CT molecular complexity index is 151. The molecule has 0 heterocycles. The lowest BCUT2D eigenvalue weighted by Gasteiger charge is -2.00. The number of hydrogen-bond donors (Lipinski definition) is 0. The molecule has 0 fully saturated rings. The molecule has 0 spiro atoms. The second-order valence-electron chi connectivity index (χ2n) is 1.23. The van der Waals surface area contributed by atoms with Gasteiger partial charge in [0.1, 0.15) is 0 Å². The van der Waals surface area contributed by atoms with E-state index in [4.69, 9.17) is 22.5 Å². The fraction of sp³-hybridized carbons (Fsp3) is 0.667. The zero-order chi connectivity index (χ0) is 7.49. The molecule has 0 aromatic rings. The van der Waals surface area contributed by atoms with Crippen LogP contribution in [0.4, 0.5) is 0 Å². The average molecular weight is 191 g/mol. The van der Waals surface area contributed by atoms with E-state index in [1.807, 2.05) is 0 Å². The van der Waals surface area contributed by atoms with Crippen LogP contribution in [0.2, 0.25) is 0 Å². The molecule has 0 radical (unpaired) electrons. The lowest BCUT2D eigenvalue weighted by Crippen LogP contribution is -1.94. The fourth-order valence-electron chi connectivity index (χ4n) is 0.183. The highest BCUT2D eigenvalue weighted by Gasteiger charge is 2.18. The quantitative estimate of drug-likeness (QED) is 0.629. The van der Waals surface area contributed by atoms with E-state index in [9.17, 15) is 9.36 Å². The van der Waals surface area contributed by atoms with Crippen LogP contribution in [-0.4, -0.2) is 5.97 Å². The highest BCUT2D eigenvalue weighted by atomic mass is 35.9. The van der Waals surface area contributed by atoms with Crippen molar-refractivity contribution in [1.82, 2.24) is 0 Å². The first-order valence-corrected chi connectivity index (χ1v) is 5.61. The van der Waals surface area contributed by atoms with Gasteiger partial charge in [-0.3, -0.25) is 4.79 Å². The first-order valence-electron chi connectivity index (χ1n) is 2.17. The summed E-state index contributed by atoms with van der Waals surface area (Å²) in [7, 11) is 0. The van der Waals surface area contributed by atoms with Gasteiger partial charge in [-0.2, -0.15) is 0 Å². The highest BCUT2D eigenvalue weighted by molar-refractivity contribution is 8.05. The molecule has 3 nitrogen and oxygen atoms in total. The monoisotopic (exact) mass is 190 g/mol. The molecule has 0 aliphatic rings. The van der Waals surface area contributed by atoms with Gasteiger partial charge >= 0.3 is 12.0 Å². The van der Waals surface area contributed by atoms with E-state index in [0.29, 0.717) is 0 Å². The van der Waals surface area contributed by atoms with Crippen LogP contribution in [0.25, 0.3) is 0 Å². The van der Waals surface area contributed by atoms with Crippen LogP contribution in [0.15, 0.2) is 0 Å². The van der Waals surface area contributed by atoms with Crippen LogP contribution in [0.5, 0.6) is 0 Å². The van der Waals surface area contributed by atoms with Gasteiger partial charge in [-0.25, -0.2) is 4.57 Å². The molecule has 0 saturated heterocycles. The number of rotatable bonds is 2. The zero-order valence-corrected chi connectivity index (χ0v) is 7.04. The van der Waals surface area contributed by atoms with Crippen molar-refractivity contribution in [3.63, 3.8) is 0 Å². The molecule has 9 heavy (non-hydrogen) atoms. The third-order valence-electron chi connectivity index (χ3n) is 0.497. The van der Waals surface area contributed by atoms with Crippen molar-refractivity contribution < 1.29 is 13.9 Å². The van der Waals surface area contributed by atoms with E-state index in [2.05, 4.69) is 4.52 Å². The minimum Gasteiger partial charge on any atom is -0.389 e. The Kier molecular flexibility index (Phi) is 3.56. The Morgan fingerprint density at radius 3 is 2.22 bits per heavy atom. The lowest BCUT2D eigenvalue weighted by molar-refractivity contribution is -0.133. The summed E-state index contributed by atoms with van der Waals surface area (Å²) in [5.74, 6) is -0.664. The summed E-state index contributed by atoms with van der Waals surface area (Å²) in [4.78, 5) is 10.3. The van der Waals surface area contributed by atoms with Gasteiger partial charge in [0.25, 0.3) is 0 Å². The topological polar surface area (TPSA) is 43.4 Å². The maximum Gasteiger partial charge on any atom is 0.430 e. The maximum absolute atomic E-state index is 10.3. The third kappa shape index (κ3) is 6.16. The second-order valence-corrected chi connectivity index (χ2v) is 5.43. The summed E-state index contributed by atoms with van der Waals surface area (Å²) in [5, 5.41) is 0. The smallest absolute Gasteiger partial charge is 0.389 e. The van der Waals surface area contributed by atoms with Crippen LogP contribution in [0.3, 0.4) is 0 Å². The van der Waals surface area contributed by atoms with Crippen molar-refractivity contribution in [2.45, 2.75) is 13.3 Å². The van der Waals surface area contributed by atoms with E-state index in [0.717, 1.165) is 0 Å². The molecule has 6 heteroatoms. The SMILES string of the molecule is CCC(=O)OP(=O)(Cl)Cl. The summed E-state index contributed by atoms with van der Waals surface area (Å²) in [6.07, 6.45) is -3.53. The molecule has 0 aromatic heterocycles. The predicted octanol–water partition coefficient (Wildman–Crippen LogP) is 2.53. The molecule has 0 aromatic carbocycles. The van der Waals surface area contributed by atoms with Crippen molar-refractivity contribution in [3.8, 4) is 0 Å². The van der Waals surface area contributed by atoms with Crippen LogP contribution >= 0.6 is 28.6 Å². The molecule has 0 bridgehead atoms. The van der Waals surface area contributed by atoms with Crippen molar-refractivity contribution >= 4 is 34.5 Å². The number of carbonyl (C=O) groups excluding carboxylic acids is 1. The Morgan fingerprint density at radius 2 is 2.11 bits per heavy atom. The van der Waals surface area contributed by atoms with Crippen LogP contribution in [0.1, 0.15) is 13.3 Å². The van der Waals surface area contributed by atoms with Gasteiger partial charge in [-0.05, 0) is 0 Å². The van der Waals surface area contributed by atoms with Crippen LogP contribution in [-0.2, 0) is 13.9 Å². The Labute approximate surface area is 62.3 Å². The summed E-state index contributed by atoms with van der Waals surface area (Å²) in [6, 6.07) is 0. The Morgan fingerprint density at radius 1 is 1.67 bits per heavy atom. The van der Waals surface area contributed by atoms with Crippen molar-refractivity contribution in [3.05, 3.63) is 0 Å². The van der Waals surface area contributed by atoms with E-state index < -0.39 is 12.0 Å².